The predicted octanol–water partition coefficient (Wildman–Crippen LogP) is 3.66. The van der Waals surface area contributed by atoms with Crippen LogP contribution in [0, 0.1) is 5.82 Å². The summed E-state index contributed by atoms with van der Waals surface area (Å²) in [6.45, 7) is 0. The number of rotatable bonds is 3. The molecule has 0 aliphatic rings. The lowest BCUT2D eigenvalue weighted by molar-refractivity contribution is 0.0827. The maximum Gasteiger partial charge on any atom is 0.253 e. The number of benzene rings is 2. The van der Waals surface area contributed by atoms with Crippen LogP contribution in [-0.4, -0.2) is 24.9 Å². The number of anilines is 1. The molecule has 0 aliphatic heterocycles. The highest BCUT2D eigenvalue weighted by Crippen LogP contribution is 2.30. The van der Waals surface area contributed by atoms with Crippen LogP contribution < -0.4 is 10.5 Å². The summed E-state index contributed by atoms with van der Waals surface area (Å²) >= 11 is 3.19. The van der Waals surface area contributed by atoms with Crippen molar-refractivity contribution < 1.29 is 13.9 Å². The largest absolute Gasteiger partial charge is 0.455 e. The lowest BCUT2D eigenvalue weighted by atomic mass is 10.1. The van der Waals surface area contributed by atoms with Gasteiger partial charge in [0.05, 0.1) is 5.69 Å². The van der Waals surface area contributed by atoms with Gasteiger partial charge in [0.2, 0.25) is 0 Å². The van der Waals surface area contributed by atoms with Gasteiger partial charge in [0.1, 0.15) is 11.6 Å². The third-order valence-corrected chi connectivity index (χ3v) is 3.19. The summed E-state index contributed by atoms with van der Waals surface area (Å²) in [6, 6.07) is 8.92. The van der Waals surface area contributed by atoms with E-state index in [0.717, 1.165) is 0 Å². The van der Waals surface area contributed by atoms with Gasteiger partial charge in [0.15, 0.2) is 5.75 Å². The maximum absolute atomic E-state index is 13.3. The summed E-state index contributed by atoms with van der Waals surface area (Å²) in [4.78, 5) is 13.4. The van der Waals surface area contributed by atoms with E-state index in [1.165, 1.54) is 23.1 Å². The summed E-state index contributed by atoms with van der Waals surface area (Å²) in [5.74, 6) is 0.00182. The molecule has 0 bridgehead atoms. The summed E-state index contributed by atoms with van der Waals surface area (Å²) in [6.07, 6.45) is 0. The van der Waals surface area contributed by atoms with Gasteiger partial charge in [-0.2, -0.15) is 0 Å². The normalized spacial score (nSPS) is 10.3. The van der Waals surface area contributed by atoms with Gasteiger partial charge in [-0.05, 0) is 30.3 Å². The molecular formula is C15H14BrFN2O2. The van der Waals surface area contributed by atoms with Crippen LogP contribution in [-0.2, 0) is 0 Å². The molecule has 0 radical (unpaired) electrons. The fraction of sp³-hybridized carbons (Fsp3) is 0.133. The number of carbonyl (C=O) groups excluding carboxylic acids is 1. The molecule has 0 saturated heterocycles. The van der Waals surface area contributed by atoms with E-state index in [0.29, 0.717) is 27.2 Å². The molecule has 21 heavy (non-hydrogen) atoms. The zero-order valence-corrected chi connectivity index (χ0v) is 13.1. The van der Waals surface area contributed by atoms with Crippen molar-refractivity contribution in [2.45, 2.75) is 0 Å². The number of carbonyl (C=O) groups is 1. The third kappa shape index (κ3) is 3.72. The zero-order chi connectivity index (χ0) is 15.6. The second-order valence-corrected chi connectivity index (χ2v) is 5.58. The lowest BCUT2D eigenvalue weighted by Crippen LogP contribution is -2.21. The van der Waals surface area contributed by atoms with Gasteiger partial charge in [0.25, 0.3) is 5.91 Å². The highest BCUT2D eigenvalue weighted by atomic mass is 79.9. The molecule has 4 nitrogen and oxygen atoms in total. The van der Waals surface area contributed by atoms with Crippen molar-refractivity contribution in [3.63, 3.8) is 0 Å². The standard InChI is InChI=1S/C15H14BrFN2O2/c1-19(2)15(20)9-3-4-13(18)14(5-9)21-12-7-10(16)6-11(17)8-12/h3-8H,18H2,1-2H3. The van der Waals surface area contributed by atoms with Gasteiger partial charge in [-0.15, -0.1) is 0 Å². The summed E-state index contributed by atoms with van der Waals surface area (Å²) in [5, 5.41) is 0. The van der Waals surface area contributed by atoms with Crippen LogP contribution in [0.2, 0.25) is 0 Å². The number of halogens is 2. The van der Waals surface area contributed by atoms with Gasteiger partial charge in [0, 0.05) is 30.2 Å². The molecule has 0 fully saturated rings. The molecular weight excluding hydrogens is 339 g/mol. The van der Waals surface area contributed by atoms with Crippen LogP contribution in [0.5, 0.6) is 11.5 Å². The topological polar surface area (TPSA) is 55.6 Å². The highest BCUT2D eigenvalue weighted by Gasteiger charge is 2.12. The van der Waals surface area contributed by atoms with Crippen LogP contribution in [0.4, 0.5) is 10.1 Å². The average Bonchev–Trinajstić information content (AvgIpc) is 2.39. The van der Waals surface area contributed by atoms with Crippen molar-refractivity contribution in [3.05, 3.63) is 52.3 Å². The second kappa shape index (κ2) is 6.13. The van der Waals surface area contributed by atoms with E-state index in [1.54, 1.807) is 32.3 Å². The van der Waals surface area contributed by atoms with Crippen LogP contribution in [0.3, 0.4) is 0 Å². The first-order chi connectivity index (χ1) is 9.86. The average molecular weight is 353 g/mol. The van der Waals surface area contributed by atoms with Crippen LogP contribution in [0.1, 0.15) is 10.4 Å². The monoisotopic (exact) mass is 352 g/mol. The lowest BCUT2D eigenvalue weighted by Gasteiger charge is -2.13. The van der Waals surface area contributed by atoms with Crippen molar-refractivity contribution >= 4 is 27.5 Å². The Morgan fingerprint density at radius 3 is 2.57 bits per heavy atom. The number of ether oxygens (including phenoxy) is 1. The first-order valence-corrected chi connectivity index (χ1v) is 6.91. The van der Waals surface area contributed by atoms with Crippen LogP contribution in [0.25, 0.3) is 0 Å². The van der Waals surface area contributed by atoms with Gasteiger partial charge < -0.3 is 15.4 Å². The Balaban J connectivity index is 2.35. The molecule has 1 amide bonds. The predicted molar refractivity (Wildman–Crippen MR) is 83.0 cm³/mol. The Morgan fingerprint density at radius 2 is 1.95 bits per heavy atom. The van der Waals surface area contributed by atoms with E-state index >= 15 is 0 Å². The van der Waals surface area contributed by atoms with Crippen molar-refractivity contribution in [1.29, 1.82) is 0 Å². The minimum atomic E-state index is -0.432. The highest BCUT2D eigenvalue weighted by molar-refractivity contribution is 9.10. The van der Waals surface area contributed by atoms with Gasteiger partial charge in [-0.1, -0.05) is 15.9 Å². The Labute approximate surface area is 130 Å². The number of nitrogens with two attached hydrogens (primary N) is 1. The fourth-order valence-electron chi connectivity index (χ4n) is 1.73. The molecule has 2 aromatic rings. The Bertz CT molecular complexity index is 669. The smallest absolute Gasteiger partial charge is 0.253 e. The summed E-state index contributed by atoms with van der Waals surface area (Å²) < 4.78 is 19.5. The van der Waals surface area contributed by atoms with Gasteiger partial charge >= 0.3 is 0 Å². The molecule has 0 aliphatic carbocycles. The molecule has 110 valence electrons. The molecule has 0 spiro atoms. The molecule has 0 saturated carbocycles. The number of nitrogens with zero attached hydrogens (tertiary/aromatic N) is 1. The Kier molecular flexibility index (Phi) is 4.47. The van der Waals surface area contributed by atoms with E-state index in [4.69, 9.17) is 10.5 Å². The summed E-state index contributed by atoms with van der Waals surface area (Å²) in [7, 11) is 3.31. The van der Waals surface area contributed by atoms with Crippen molar-refractivity contribution in [2.75, 3.05) is 19.8 Å². The zero-order valence-electron chi connectivity index (χ0n) is 11.6. The number of amides is 1. The summed E-state index contributed by atoms with van der Waals surface area (Å²) in [5.41, 5.74) is 6.64. The minimum Gasteiger partial charge on any atom is -0.455 e. The third-order valence-electron chi connectivity index (χ3n) is 2.73. The SMILES string of the molecule is CN(C)C(=O)c1ccc(N)c(Oc2cc(F)cc(Br)c2)c1. The maximum atomic E-state index is 13.3. The quantitative estimate of drug-likeness (QED) is 0.857. The number of hydrogen-bond donors (Lipinski definition) is 1. The van der Waals surface area contributed by atoms with E-state index in [1.807, 2.05) is 0 Å². The van der Waals surface area contributed by atoms with E-state index in [9.17, 15) is 9.18 Å². The van der Waals surface area contributed by atoms with E-state index in [2.05, 4.69) is 15.9 Å². The van der Waals surface area contributed by atoms with Crippen molar-refractivity contribution in [2.24, 2.45) is 0 Å². The minimum absolute atomic E-state index is 0.166. The molecule has 0 unspecified atom stereocenters. The molecule has 2 rings (SSSR count). The number of hydrogen-bond acceptors (Lipinski definition) is 3. The molecule has 2 aromatic carbocycles. The first kappa shape index (κ1) is 15.3. The number of nitrogen functional groups attached to an aromatic ring is 1. The van der Waals surface area contributed by atoms with Crippen LogP contribution in [0.15, 0.2) is 40.9 Å². The molecule has 2 N–H and O–H groups in total. The van der Waals surface area contributed by atoms with Crippen molar-refractivity contribution in [3.8, 4) is 11.5 Å². The molecule has 6 heteroatoms. The molecule has 0 heterocycles. The second-order valence-electron chi connectivity index (χ2n) is 4.66. The first-order valence-electron chi connectivity index (χ1n) is 6.12. The van der Waals surface area contributed by atoms with Crippen molar-refractivity contribution in [1.82, 2.24) is 4.90 Å². The Hall–Kier alpha value is -2.08. The Morgan fingerprint density at radius 1 is 1.24 bits per heavy atom. The van der Waals surface area contributed by atoms with Gasteiger partial charge in [-0.3, -0.25) is 4.79 Å². The van der Waals surface area contributed by atoms with E-state index < -0.39 is 5.82 Å². The fourth-order valence-corrected chi connectivity index (χ4v) is 2.17. The molecule has 0 atom stereocenters. The van der Waals surface area contributed by atoms with Gasteiger partial charge in [-0.25, -0.2) is 4.39 Å². The van der Waals surface area contributed by atoms with Crippen LogP contribution >= 0.6 is 15.9 Å². The van der Waals surface area contributed by atoms with E-state index in [-0.39, 0.29) is 5.91 Å². The molecule has 0 aromatic heterocycles.